The number of nitrogens with one attached hydrogen (secondary N) is 3. The van der Waals surface area contributed by atoms with Gasteiger partial charge in [0.15, 0.2) is 0 Å². The van der Waals surface area contributed by atoms with Gasteiger partial charge in [-0.15, -0.1) is 0 Å². The minimum atomic E-state index is -3.67. The van der Waals surface area contributed by atoms with Gasteiger partial charge in [-0.3, -0.25) is 19.3 Å². The highest BCUT2D eigenvalue weighted by molar-refractivity contribution is 7.90. The highest BCUT2D eigenvalue weighted by Crippen LogP contribution is 2.24. The Balaban J connectivity index is 1.53. The summed E-state index contributed by atoms with van der Waals surface area (Å²) in [6.07, 6.45) is 1.93. The van der Waals surface area contributed by atoms with Crippen LogP contribution in [0.3, 0.4) is 0 Å². The summed E-state index contributed by atoms with van der Waals surface area (Å²) in [4.78, 5) is 29.4. The van der Waals surface area contributed by atoms with Crippen LogP contribution in [0.1, 0.15) is 35.7 Å². The molecule has 0 saturated heterocycles. The summed E-state index contributed by atoms with van der Waals surface area (Å²) >= 11 is 0. The number of amides is 2. The lowest BCUT2D eigenvalue weighted by Crippen LogP contribution is -2.30. The van der Waals surface area contributed by atoms with E-state index in [0.717, 1.165) is 12.8 Å². The van der Waals surface area contributed by atoms with Crippen molar-refractivity contribution in [1.29, 1.82) is 0 Å². The number of benzene rings is 2. The van der Waals surface area contributed by atoms with Crippen LogP contribution in [0.15, 0.2) is 58.4 Å². The summed E-state index contributed by atoms with van der Waals surface area (Å²) in [7, 11) is -3.67. The summed E-state index contributed by atoms with van der Waals surface area (Å²) in [6, 6.07) is 12.5. The smallest absolute Gasteiger partial charge is 0.263 e. The van der Waals surface area contributed by atoms with Crippen molar-refractivity contribution in [3.05, 3.63) is 59.7 Å². The molecule has 2 aromatic carbocycles. The molecule has 0 bridgehead atoms. The average Bonchev–Trinajstić information content (AvgIpc) is 3.47. The molecule has 1 saturated carbocycles. The third kappa shape index (κ3) is 4.00. The standard InChI is InChI=1S/C20H20N4O4S/c1-12(21-18-15-7-3-5-9-17(15)29(27,28)24-18)19(25)23-16-8-4-2-6-14(16)20(26)22-13-10-11-13/h2-9,12-13H,10-11H2,1H3,(H,21,24)(H,22,26)(H,23,25)/t12-/m0/s1. The van der Waals surface area contributed by atoms with Gasteiger partial charge in [-0.1, -0.05) is 24.3 Å². The lowest BCUT2D eigenvalue weighted by atomic mass is 10.1. The zero-order valence-corrected chi connectivity index (χ0v) is 16.5. The molecule has 3 N–H and O–H groups in total. The fourth-order valence-corrected chi connectivity index (χ4v) is 4.24. The first-order valence-electron chi connectivity index (χ1n) is 9.26. The molecular weight excluding hydrogens is 392 g/mol. The van der Waals surface area contributed by atoms with Crippen LogP contribution in [0.25, 0.3) is 0 Å². The molecule has 2 aliphatic rings. The molecule has 29 heavy (non-hydrogen) atoms. The highest BCUT2D eigenvalue weighted by atomic mass is 32.2. The van der Waals surface area contributed by atoms with Crippen LogP contribution in [0, 0.1) is 0 Å². The van der Waals surface area contributed by atoms with E-state index in [1.54, 1.807) is 49.4 Å². The monoisotopic (exact) mass is 412 g/mol. The second kappa shape index (κ2) is 7.32. The number of anilines is 1. The zero-order chi connectivity index (χ0) is 20.6. The predicted molar refractivity (Wildman–Crippen MR) is 108 cm³/mol. The number of fused-ring (bicyclic) bond motifs is 1. The Morgan fingerprint density at radius 2 is 1.79 bits per heavy atom. The summed E-state index contributed by atoms with van der Waals surface area (Å²) in [5.74, 6) is -0.560. The van der Waals surface area contributed by atoms with Crippen LogP contribution in [0.4, 0.5) is 5.69 Å². The maximum absolute atomic E-state index is 12.7. The molecule has 9 heteroatoms. The number of nitrogens with zero attached hydrogens (tertiary/aromatic N) is 1. The number of aliphatic imine (C=N–C) groups is 1. The third-order valence-electron chi connectivity index (χ3n) is 4.71. The molecule has 150 valence electrons. The van der Waals surface area contributed by atoms with E-state index < -0.39 is 22.0 Å². The number of amidine groups is 1. The predicted octanol–water partition coefficient (Wildman–Crippen LogP) is 1.64. The number of hydrogen-bond donors (Lipinski definition) is 3. The van der Waals surface area contributed by atoms with Crippen LogP contribution in [-0.2, 0) is 14.8 Å². The summed E-state index contributed by atoms with van der Waals surface area (Å²) in [5.41, 5.74) is 1.19. The maximum Gasteiger partial charge on any atom is 0.263 e. The van der Waals surface area contributed by atoms with Crippen molar-refractivity contribution in [3.8, 4) is 0 Å². The molecule has 1 aliphatic heterocycles. The van der Waals surface area contributed by atoms with E-state index in [9.17, 15) is 18.0 Å². The highest BCUT2D eigenvalue weighted by Gasteiger charge is 2.31. The number of sulfonamides is 1. The molecule has 2 aromatic rings. The maximum atomic E-state index is 12.7. The minimum Gasteiger partial charge on any atom is -0.349 e. The Hall–Kier alpha value is -3.20. The van der Waals surface area contributed by atoms with Crippen molar-refractivity contribution >= 4 is 33.4 Å². The lowest BCUT2D eigenvalue weighted by Gasteiger charge is -2.13. The Bertz CT molecular complexity index is 1120. The van der Waals surface area contributed by atoms with E-state index in [2.05, 4.69) is 20.3 Å². The van der Waals surface area contributed by atoms with Crippen molar-refractivity contribution in [1.82, 2.24) is 10.0 Å². The number of carbonyl (C=O) groups excluding carboxylic acids is 2. The number of para-hydroxylation sites is 1. The quantitative estimate of drug-likeness (QED) is 0.692. The van der Waals surface area contributed by atoms with Crippen molar-refractivity contribution in [3.63, 3.8) is 0 Å². The van der Waals surface area contributed by atoms with Crippen LogP contribution in [0.2, 0.25) is 0 Å². The van der Waals surface area contributed by atoms with Crippen LogP contribution in [-0.4, -0.2) is 38.2 Å². The van der Waals surface area contributed by atoms with E-state index in [1.807, 2.05) is 0 Å². The number of carbonyl (C=O) groups is 2. The SMILES string of the molecule is C[C@H](N=C1NS(=O)(=O)c2ccccc21)C(=O)Nc1ccccc1C(=O)NC1CC1. The van der Waals surface area contributed by atoms with Crippen molar-refractivity contribution < 1.29 is 18.0 Å². The molecule has 0 spiro atoms. The van der Waals surface area contributed by atoms with Crippen molar-refractivity contribution in [2.75, 3.05) is 5.32 Å². The van der Waals surface area contributed by atoms with Gasteiger partial charge in [0.1, 0.15) is 11.9 Å². The second-order valence-corrected chi connectivity index (χ2v) is 8.69. The van der Waals surface area contributed by atoms with Gasteiger partial charge in [0.2, 0.25) is 5.91 Å². The molecule has 0 aromatic heterocycles. The first kappa shape index (κ1) is 19.1. The van der Waals surface area contributed by atoms with Crippen molar-refractivity contribution in [2.24, 2.45) is 4.99 Å². The zero-order valence-electron chi connectivity index (χ0n) is 15.7. The molecule has 2 amide bonds. The number of rotatable bonds is 5. The van der Waals surface area contributed by atoms with Gasteiger partial charge in [-0.2, -0.15) is 0 Å². The van der Waals surface area contributed by atoms with E-state index in [0.29, 0.717) is 16.8 Å². The van der Waals surface area contributed by atoms with Crippen LogP contribution in [0.5, 0.6) is 0 Å². The van der Waals surface area contributed by atoms with Gasteiger partial charge in [-0.05, 0) is 44.0 Å². The van der Waals surface area contributed by atoms with Gasteiger partial charge in [0.05, 0.1) is 16.1 Å². The molecule has 8 nitrogen and oxygen atoms in total. The van der Waals surface area contributed by atoms with Gasteiger partial charge in [-0.25, -0.2) is 8.42 Å². The minimum absolute atomic E-state index is 0.128. The van der Waals surface area contributed by atoms with E-state index in [1.165, 1.54) is 6.07 Å². The Kier molecular flexibility index (Phi) is 4.83. The molecule has 1 aliphatic carbocycles. The van der Waals surface area contributed by atoms with Gasteiger partial charge in [0, 0.05) is 11.6 Å². The Labute approximate surface area is 168 Å². The summed E-state index contributed by atoms with van der Waals surface area (Å²) < 4.78 is 26.7. The van der Waals surface area contributed by atoms with Gasteiger partial charge < -0.3 is 10.6 Å². The Morgan fingerprint density at radius 1 is 1.10 bits per heavy atom. The third-order valence-corrected chi connectivity index (χ3v) is 6.10. The Morgan fingerprint density at radius 3 is 2.55 bits per heavy atom. The molecular formula is C20H20N4O4S. The molecule has 1 fully saturated rings. The van der Waals surface area contributed by atoms with Gasteiger partial charge in [0.25, 0.3) is 15.9 Å². The fraction of sp³-hybridized carbons (Fsp3) is 0.250. The summed E-state index contributed by atoms with van der Waals surface area (Å²) in [5, 5.41) is 5.62. The van der Waals surface area contributed by atoms with E-state index in [-0.39, 0.29) is 22.7 Å². The number of hydrogen-bond acceptors (Lipinski definition) is 5. The van der Waals surface area contributed by atoms with Crippen LogP contribution >= 0.6 is 0 Å². The topological polar surface area (TPSA) is 117 Å². The molecule has 0 unspecified atom stereocenters. The molecule has 1 heterocycles. The van der Waals surface area contributed by atoms with Gasteiger partial charge >= 0.3 is 0 Å². The largest absolute Gasteiger partial charge is 0.349 e. The molecule has 0 radical (unpaired) electrons. The normalized spacial score (nSPS) is 19.1. The fourth-order valence-electron chi connectivity index (χ4n) is 3.00. The molecule has 4 rings (SSSR count). The second-order valence-electron chi connectivity index (χ2n) is 7.04. The first-order valence-corrected chi connectivity index (χ1v) is 10.7. The lowest BCUT2D eigenvalue weighted by molar-refractivity contribution is -0.117. The van der Waals surface area contributed by atoms with Crippen LogP contribution < -0.4 is 15.4 Å². The first-order chi connectivity index (χ1) is 13.8. The van der Waals surface area contributed by atoms with E-state index in [4.69, 9.17) is 0 Å². The average molecular weight is 412 g/mol. The van der Waals surface area contributed by atoms with Crippen molar-refractivity contribution in [2.45, 2.75) is 36.7 Å². The molecule has 1 atom stereocenters. The summed E-state index contributed by atoms with van der Waals surface area (Å²) in [6.45, 7) is 1.56. The van der Waals surface area contributed by atoms with E-state index >= 15 is 0 Å².